The van der Waals surface area contributed by atoms with E-state index < -0.39 is 6.10 Å². The van der Waals surface area contributed by atoms with Crippen molar-refractivity contribution in [3.8, 4) is 5.75 Å². The second-order valence-electron chi connectivity index (χ2n) is 10.4. The van der Waals surface area contributed by atoms with Crippen LogP contribution in [-0.2, 0) is 16.1 Å². The number of rotatable bonds is 3. The SMILES string of the molecule is O=C(C[C@@H]1CCN2C[C@@H]1/C=C\COc1ccccc1CN(C1CCC1)CC2=O)N1CC[C@@H](O)C1. The number of aliphatic hydroxyl groups excluding tert-OH is 1. The molecule has 3 aliphatic heterocycles. The van der Waals surface area contributed by atoms with Gasteiger partial charge in [-0.1, -0.05) is 36.8 Å². The van der Waals surface area contributed by atoms with Crippen molar-refractivity contribution < 1.29 is 19.4 Å². The lowest BCUT2D eigenvalue weighted by atomic mass is 9.82. The summed E-state index contributed by atoms with van der Waals surface area (Å²) in [6, 6.07) is 8.60. The van der Waals surface area contributed by atoms with E-state index in [0.717, 1.165) is 37.1 Å². The molecule has 0 spiro atoms. The maximum atomic E-state index is 13.4. The summed E-state index contributed by atoms with van der Waals surface area (Å²) >= 11 is 0. The zero-order valence-corrected chi connectivity index (χ0v) is 20.0. The zero-order valence-electron chi connectivity index (χ0n) is 20.0. The molecule has 2 amide bonds. The third kappa shape index (κ3) is 5.31. The van der Waals surface area contributed by atoms with Crippen molar-refractivity contribution in [2.75, 3.05) is 39.3 Å². The number of likely N-dealkylation sites (tertiary alicyclic amines) is 1. The summed E-state index contributed by atoms with van der Waals surface area (Å²) < 4.78 is 6.14. The number of hydrogen-bond acceptors (Lipinski definition) is 5. The van der Waals surface area contributed by atoms with Crippen molar-refractivity contribution in [3.63, 3.8) is 0 Å². The summed E-state index contributed by atoms with van der Waals surface area (Å²) in [5.74, 6) is 1.52. The van der Waals surface area contributed by atoms with Gasteiger partial charge < -0.3 is 19.6 Å². The van der Waals surface area contributed by atoms with Gasteiger partial charge in [0, 0.05) is 50.7 Å². The number of ether oxygens (including phenoxy) is 1. The highest BCUT2D eigenvalue weighted by molar-refractivity contribution is 5.79. The van der Waals surface area contributed by atoms with Gasteiger partial charge >= 0.3 is 0 Å². The van der Waals surface area contributed by atoms with E-state index in [1.807, 2.05) is 29.2 Å². The van der Waals surface area contributed by atoms with Gasteiger partial charge in [-0.25, -0.2) is 0 Å². The van der Waals surface area contributed by atoms with Crippen LogP contribution in [0.3, 0.4) is 0 Å². The molecule has 1 saturated carbocycles. The number of benzene rings is 1. The minimum atomic E-state index is -0.396. The summed E-state index contributed by atoms with van der Waals surface area (Å²) in [6.07, 6.45) is 9.30. The first-order valence-corrected chi connectivity index (χ1v) is 12.9. The van der Waals surface area contributed by atoms with E-state index in [-0.39, 0.29) is 23.7 Å². The lowest BCUT2D eigenvalue weighted by Gasteiger charge is -2.41. The molecule has 0 aromatic heterocycles. The van der Waals surface area contributed by atoms with E-state index in [0.29, 0.717) is 58.2 Å². The van der Waals surface area contributed by atoms with Gasteiger partial charge in [-0.05, 0) is 43.6 Å². The molecule has 3 fully saturated rings. The number of carbonyl (C=O) groups is 2. The smallest absolute Gasteiger partial charge is 0.236 e. The molecule has 7 heteroatoms. The number of fused-ring (bicyclic) bond motifs is 3. The molecule has 184 valence electrons. The second-order valence-corrected chi connectivity index (χ2v) is 10.4. The highest BCUT2D eigenvalue weighted by Crippen LogP contribution is 2.32. The quantitative estimate of drug-likeness (QED) is 0.692. The van der Waals surface area contributed by atoms with Gasteiger partial charge in [0.25, 0.3) is 0 Å². The highest BCUT2D eigenvalue weighted by Gasteiger charge is 2.35. The lowest BCUT2D eigenvalue weighted by molar-refractivity contribution is -0.136. The Hall–Kier alpha value is -2.38. The van der Waals surface area contributed by atoms with Gasteiger partial charge in [-0.15, -0.1) is 0 Å². The Morgan fingerprint density at radius 1 is 1.06 bits per heavy atom. The third-order valence-electron chi connectivity index (χ3n) is 8.11. The Labute approximate surface area is 202 Å². The summed E-state index contributed by atoms with van der Waals surface area (Å²) in [7, 11) is 0. The molecule has 4 aliphatic rings. The molecule has 1 N–H and O–H groups in total. The van der Waals surface area contributed by atoms with Gasteiger partial charge in [0.05, 0.1) is 12.6 Å². The topological polar surface area (TPSA) is 73.3 Å². The molecule has 2 bridgehead atoms. The Bertz CT molecular complexity index is 915. The Kier molecular flexibility index (Phi) is 7.21. The second kappa shape index (κ2) is 10.5. The van der Waals surface area contributed by atoms with Crippen molar-refractivity contribution >= 4 is 11.8 Å². The minimum Gasteiger partial charge on any atom is -0.489 e. The number of piperidine rings is 1. The normalized spacial score (nSPS) is 29.8. The molecule has 34 heavy (non-hydrogen) atoms. The zero-order chi connectivity index (χ0) is 23.5. The van der Waals surface area contributed by atoms with E-state index in [9.17, 15) is 14.7 Å². The van der Waals surface area contributed by atoms with Crippen molar-refractivity contribution in [1.82, 2.24) is 14.7 Å². The fourth-order valence-corrected chi connectivity index (χ4v) is 5.75. The monoisotopic (exact) mass is 467 g/mol. The summed E-state index contributed by atoms with van der Waals surface area (Å²) in [6.45, 7) is 4.08. The van der Waals surface area contributed by atoms with Crippen LogP contribution in [0.2, 0.25) is 0 Å². The number of para-hydroxylation sites is 1. The molecule has 2 saturated heterocycles. The fourth-order valence-electron chi connectivity index (χ4n) is 5.75. The molecule has 3 heterocycles. The number of amides is 2. The average Bonchev–Trinajstić information content (AvgIpc) is 3.23. The van der Waals surface area contributed by atoms with Crippen LogP contribution in [0.25, 0.3) is 0 Å². The van der Waals surface area contributed by atoms with Crippen molar-refractivity contribution in [2.45, 2.75) is 57.2 Å². The van der Waals surface area contributed by atoms with Crippen molar-refractivity contribution in [2.24, 2.45) is 11.8 Å². The van der Waals surface area contributed by atoms with Crippen LogP contribution in [-0.4, -0.2) is 83.1 Å². The van der Waals surface area contributed by atoms with Gasteiger partial charge in [-0.2, -0.15) is 0 Å². The number of β-amino-alcohol motifs (C(OH)–C–C–N with tert-alkyl or cyclic N) is 1. The molecule has 1 aromatic carbocycles. The van der Waals surface area contributed by atoms with Crippen LogP contribution in [0.15, 0.2) is 36.4 Å². The number of nitrogens with zero attached hydrogens (tertiary/aromatic N) is 3. The molecule has 7 nitrogen and oxygen atoms in total. The number of carbonyl (C=O) groups excluding carboxylic acids is 2. The standard InChI is InChI=1S/C27H37N3O4/c31-24-11-13-29(18-24)26(32)15-20-10-12-28-16-21(20)6-4-14-34-25-9-2-1-5-22(25)17-30(19-27(28)33)23-7-3-8-23/h1-2,4-6,9,20-21,23-24,31H,3,7-8,10-19H2/b6-4-/t20-,21-,24+/m0/s1. The molecular weight excluding hydrogens is 430 g/mol. The predicted molar refractivity (Wildman–Crippen MR) is 129 cm³/mol. The minimum absolute atomic E-state index is 0.124. The first-order valence-electron chi connectivity index (χ1n) is 12.9. The van der Waals surface area contributed by atoms with Crippen molar-refractivity contribution in [1.29, 1.82) is 0 Å². The van der Waals surface area contributed by atoms with Crippen LogP contribution in [0.1, 0.15) is 44.1 Å². The maximum absolute atomic E-state index is 13.4. The van der Waals surface area contributed by atoms with Crippen LogP contribution in [0.5, 0.6) is 5.75 Å². The summed E-state index contributed by atoms with van der Waals surface area (Å²) in [5.41, 5.74) is 1.13. The van der Waals surface area contributed by atoms with Gasteiger partial charge in [0.1, 0.15) is 12.4 Å². The van der Waals surface area contributed by atoms with E-state index in [4.69, 9.17) is 4.74 Å². The van der Waals surface area contributed by atoms with Crippen LogP contribution >= 0.6 is 0 Å². The van der Waals surface area contributed by atoms with Gasteiger partial charge in [0.15, 0.2) is 0 Å². The highest BCUT2D eigenvalue weighted by atomic mass is 16.5. The average molecular weight is 468 g/mol. The number of aliphatic hydroxyl groups is 1. The molecular formula is C27H37N3O4. The summed E-state index contributed by atoms with van der Waals surface area (Å²) in [5, 5.41) is 9.81. The van der Waals surface area contributed by atoms with E-state index in [1.165, 1.54) is 6.42 Å². The Morgan fingerprint density at radius 2 is 1.91 bits per heavy atom. The predicted octanol–water partition coefficient (Wildman–Crippen LogP) is 2.44. The first-order chi connectivity index (χ1) is 16.6. The first kappa shape index (κ1) is 23.4. The van der Waals surface area contributed by atoms with Crippen molar-refractivity contribution in [3.05, 3.63) is 42.0 Å². The molecule has 1 aromatic rings. The molecule has 0 unspecified atom stereocenters. The number of hydrogen-bond donors (Lipinski definition) is 1. The van der Waals surface area contributed by atoms with Gasteiger partial charge in [-0.3, -0.25) is 14.5 Å². The molecule has 5 rings (SSSR count). The Balaban J connectivity index is 1.33. The molecule has 1 aliphatic carbocycles. The van der Waals surface area contributed by atoms with Crippen LogP contribution in [0.4, 0.5) is 0 Å². The molecule has 0 radical (unpaired) electrons. The summed E-state index contributed by atoms with van der Waals surface area (Å²) in [4.78, 5) is 32.4. The van der Waals surface area contributed by atoms with E-state index >= 15 is 0 Å². The third-order valence-corrected chi connectivity index (χ3v) is 8.11. The van der Waals surface area contributed by atoms with E-state index in [2.05, 4.69) is 17.0 Å². The van der Waals surface area contributed by atoms with E-state index in [1.54, 1.807) is 4.90 Å². The fraction of sp³-hybridized carbons (Fsp3) is 0.630. The molecule has 3 atom stereocenters. The lowest BCUT2D eigenvalue weighted by Crippen LogP contribution is -2.50. The van der Waals surface area contributed by atoms with Crippen LogP contribution < -0.4 is 4.74 Å². The maximum Gasteiger partial charge on any atom is 0.236 e. The van der Waals surface area contributed by atoms with Gasteiger partial charge in [0.2, 0.25) is 11.8 Å². The van der Waals surface area contributed by atoms with Crippen LogP contribution in [0, 0.1) is 11.8 Å². The Morgan fingerprint density at radius 3 is 2.68 bits per heavy atom. The largest absolute Gasteiger partial charge is 0.489 e.